The monoisotopic (exact) mass is 570 g/mol. The highest BCUT2D eigenvalue weighted by Gasteiger charge is 2.36. The van der Waals surface area contributed by atoms with E-state index >= 15 is 0 Å². The third-order valence-electron chi connectivity index (χ3n) is 9.27. The van der Waals surface area contributed by atoms with Gasteiger partial charge in [-0.3, -0.25) is 0 Å². The summed E-state index contributed by atoms with van der Waals surface area (Å²) in [6.45, 7) is 14.3. The second kappa shape index (κ2) is 13.3. The fraction of sp³-hybridized carbons (Fsp3) is 0.500. The number of hydrogen-bond donors (Lipinski definition) is 1. The van der Waals surface area contributed by atoms with Crippen LogP contribution in [-0.4, -0.2) is 24.1 Å². The van der Waals surface area contributed by atoms with Gasteiger partial charge in [0.05, 0.1) is 0 Å². The van der Waals surface area contributed by atoms with Crippen LogP contribution in [0.4, 0.5) is 8.78 Å². The van der Waals surface area contributed by atoms with E-state index in [0.717, 1.165) is 70.2 Å². The number of fused-ring (bicyclic) bond motifs is 1. The first-order chi connectivity index (χ1) is 19.0. The topological polar surface area (TPSA) is 46.5 Å². The molecule has 2 aromatic carbocycles. The molecule has 1 N–H and O–H groups in total. The van der Waals surface area contributed by atoms with Crippen LogP contribution in [0.5, 0.6) is 5.75 Å². The van der Waals surface area contributed by atoms with Crippen LogP contribution in [-0.2, 0) is 15.6 Å². The Morgan fingerprint density at radius 3 is 2.05 bits per heavy atom. The molecule has 0 aliphatic carbocycles. The van der Waals surface area contributed by atoms with E-state index in [9.17, 15) is 18.7 Å². The zero-order valence-electron chi connectivity index (χ0n) is 25.0. The van der Waals surface area contributed by atoms with Crippen LogP contribution >= 0.6 is 11.3 Å². The number of ether oxygens (including phenoxy) is 1. The minimum atomic E-state index is -2.59. The number of hydrogen-bond acceptors (Lipinski definition) is 3. The van der Waals surface area contributed by atoms with Gasteiger partial charge in [0.15, 0.2) is 0 Å². The van der Waals surface area contributed by atoms with Gasteiger partial charge in [0, 0.05) is 32.2 Å². The third-order valence-corrected chi connectivity index (χ3v) is 10.5. The second-order valence-corrected chi connectivity index (χ2v) is 11.9. The maximum atomic E-state index is 13.6. The minimum Gasteiger partial charge on any atom is -0.487 e. The van der Waals surface area contributed by atoms with Crippen molar-refractivity contribution in [2.75, 3.05) is 6.61 Å². The largest absolute Gasteiger partial charge is 0.487 e. The van der Waals surface area contributed by atoms with E-state index in [2.05, 4.69) is 53.7 Å². The summed E-state index contributed by atoms with van der Waals surface area (Å²) in [6, 6.07) is 12.5. The fourth-order valence-corrected chi connectivity index (χ4v) is 7.32. The number of benzene rings is 2. The molecule has 0 radical (unpaired) electrons. The molecular formula is C34H44F2O3S. The molecule has 0 saturated heterocycles. The molecule has 0 amide bonds. The van der Waals surface area contributed by atoms with Crippen molar-refractivity contribution >= 4 is 33.0 Å². The maximum absolute atomic E-state index is 13.6. The molecule has 1 aromatic heterocycles. The first kappa shape index (κ1) is 31.8. The SMILES string of the molecule is CCC(CC)(CC)c1cc(-c2cccc3sc(/C(C)=C/C(=O)O)cc23)c(OCC(F)F)c(C(CC)(CC)CC)c1. The molecule has 0 aliphatic heterocycles. The van der Waals surface area contributed by atoms with Crippen LogP contribution in [0.15, 0.2) is 42.5 Å². The lowest BCUT2D eigenvalue weighted by molar-refractivity contribution is -0.131. The molecule has 3 nitrogen and oxygen atoms in total. The van der Waals surface area contributed by atoms with Crippen LogP contribution in [0.2, 0.25) is 0 Å². The summed E-state index contributed by atoms with van der Waals surface area (Å²) in [5, 5.41) is 10.3. The van der Waals surface area contributed by atoms with Crippen molar-refractivity contribution in [3.8, 4) is 16.9 Å². The van der Waals surface area contributed by atoms with Gasteiger partial charge in [-0.25, -0.2) is 13.6 Å². The molecule has 218 valence electrons. The second-order valence-electron chi connectivity index (χ2n) is 10.8. The standard InChI is InChI=1S/C34H44F2O3S/c1-8-33(9-2,10-3)23-18-26(32(39-21-30(35)36)27(19-23)34(11-4,12-5)13-6)24-15-14-16-28-25(24)20-29(40-28)22(7)17-31(37)38/h14-20,30H,8-13,21H2,1-7H3,(H,37,38)/b22-17+. The first-order valence-electron chi connectivity index (χ1n) is 14.6. The Morgan fingerprint density at radius 1 is 0.925 bits per heavy atom. The molecule has 3 aromatic rings. The van der Waals surface area contributed by atoms with E-state index in [1.54, 1.807) is 6.92 Å². The summed E-state index contributed by atoms with van der Waals surface area (Å²) in [7, 11) is 0. The van der Waals surface area contributed by atoms with Gasteiger partial charge < -0.3 is 9.84 Å². The molecule has 0 fully saturated rings. The Labute approximate surface area is 242 Å². The van der Waals surface area contributed by atoms with E-state index in [0.29, 0.717) is 11.3 Å². The van der Waals surface area contributed by atoms with Crippen LogP contribution in [0.25, 0.3) is 26.8 Å². The normalized spacial score (nSPS) is 12.9. The molecular weight excluding hydrogens is 526 g/mol. The smallest absolute Gasteiger partial charge is 0.328 e. The Kier molecular flexibility index (Phi) is 10.6. The number of halogens is 2. The minimum absolute atomic E-state index is 0.0414. The zero-order valence-corrected chi connectivity index (χ0v) is 25.8. The Hall–Kier alpha value is -2.73. The highest BCUT2D eigenvalue weighted by molar-refractivity contribution is 7.20. The van der Waals surface area contributed by atoms with Crippen molar-refractivity contribution in [1.29, 1.82) is 0 Å². The lowest BCUT2D eigenvalue weighted by Gasteiger charge is -2.38. The van der Waals surface area contributed by atoms with Crippen molar-refractivity contribution < 1.29 is 23.4 Å². The summed E-state index contributed by atoms with van der Waals surface area (Å²) in [4.78, 5) is 12.2. The molecule has 40 heavy (non-hydrogen) atoms. The maximum Gasteiger partial charge on any atom is 0.328 e. The zero-order chi connectivity index (χ0) is 29.7. The van der Waals surface area contributed by atoms with Crippen molar-refractivity contribution in [2.24, 2.45) is 0 Å². The van der Waals surface area contributed by atoms with E-state index in [-0.39, 0.29) is 10.8 Å². The van der Waals surface area contributed by atoms with Gasteiger partial charge in [-0.1, -0.05) is 59.7 Å². The molecule has 3 rings (SSSR count). The van der Waals surface area contributed by atoms with Crippen molar-refractivity contribution in [3.63, 3.8) is 0 Å². The van der Waals surface area contributed by atoms with Gasteiger partial charge in [0.2, 0.25) is 0 Å². The summed E-state index contributed by atoms with van der Waals surface area (Å²) < 4.78 is 34.4. The average molecular weight is 571 g/mol. The molecule has 0 bridgehead atoms. The molecule has 6 heteroatoms. The Balaban J connectivity index is 2.49. The van der Waals surface area contributed by atoms with Gasteiger partial charge in [-0.15, -0.1) is 11.3 Å². The fourth-order valence-electron chi connectivity index (χ4n) is 6.26. The van der Waals surface area contributed by atoms with Gasteiger partial charge in [-0.05, 0) is 91.2 Å². The first-order valence-corrected chi connectivity index (χ1v) is 15.4. The quantitative estimate of drug-likeness (QED) is 0.196. The predicted octanol–water partition coefficient (Wildman–Crippen LogP) is 10.6. The van der Waals surface area contributed by atoms with Gasteiger partial charge in [0.1, 0.15) is 12.4 Å². The molecule has 0 unspecified atom stereocenters. The third kappa shape index (κ3) is 6.12. The number of carboxylic acid groups (broad SMARTS) is 1. The van der Waals surface area contributed by atoms with Gasteiger partial charge in [0.25, 0.3) is 6.43 Å². The number of aliphatic carboxylic acids is 1. The number of allylic oxidation sites excluding steroid dienone is 1. The van der Waals surface area contributed by atoms with E-state index in [1.807, 2.05) is 24.3 Å². The van der Waals surface area contributed by atoms with Crippen molar-refractivity contribution in [3.05, 3.63) is 58.5 Å². The van der Waals surface area contributed by atoms with Crippen molar-refractivity contribution in [1.82, 2.24) is 0 Å². The van der Waals surface area contributed by atoms with Gasteiger partial charge >= 0.3 is 5.97 Å². The highest BCUT2D eigenvalue weighted by Crippen LogP contribution is 2.50. The van der Waals surface area contributed by atoms with E-state index < -0.39 is 19.0 Å². The van der Waals surface area contributed by atoms with Crippen LogP contribution in [0, 0.1) is 0 Å². The van der Waals surface area contributed by atoms with Crippen LogP contribution in [0.3, 0.4) is 0 Å². The van der Waals surface area contributed by atoms with Gasteiger partial charge in [-0.2, -0.15) is 0 Å². The lowest BCUT2D eigenvalue weighted by Crippen LogP contribution is -2.28. The molecule has 0 spiro atoms. The summed E-state index contributed by atoms with van der Waals surface area (Å²) >= 11 is 1.53. The van der Waals surface area contributed by atoms with Crippen LogP contribution < -0.4 is 4.74 Å². The number of alkyl halides is 2. The van der Waals surface area contributed by atoms with E-state index in [1.165, 1.54) is 23.0 Å². The number of carbonyl (C=O) groups is 1. The molecule has 0 aliphatic rings. The van der Waals surface area contributed by atoms with Crippen LogP contribution in [0.1, 0.15) is 103 Å². The molecule has 1 heterocycles. The Morgan fingerprint density at radius 2 is 1.52 bits per heavy atom. The molecule has 0 atom stereocenters. The van der Waals surface area contributed by atoms with Crippen molar-refractivity contribution in [2.45, 2.75) is 104 Å². The number of thiophene rings is 1. The highest BCUT2D eigenvalue weighted by atomic mass is 32.1. The summed E-state index contributed by atoms with van der Waals surface area (Å²) in [5.74, 6) is -0.440. The Bertz CT molecular complexity index is 1330. The summed E-state index contributed by atoms with van der Waals surface area (Å²) in [6.07, 6.45) is 4.16. The number of rotatable bonds is 14. The lowest BCUT2D eigenvalue weighted by atomic mass is 9.68. The summed E-state index contributed by atoms with van der Waals surface area (Å²) in [5.41, 5.74) is 4.42. The number of carboxylic acids is 1. The molecule has 0 saturated carbocycles. The predicted molar refractivity (Wildman–Crippen MR) is 165 cm³/mol. The average Bonchev–Trinajstić information content (AvgIpc) is 3.39. The van der Waals surface area contributed by atoms with E-state index in [4.69, 9.17) is 4.74 Å².